The van der Waals surface area contributed by atoms with E-state index in [9.17, 15) is 18.8 Å². The first-order valence-corrected chi connectivity index (χ1v) is 16.6. The second-order valence-corrected chi connectivity index (χ2v) is 15.5. The fourth-order valence-corrected chi connectivity index (χ4v) is 5.21. The molecule has 278 valence electrons. The summed E-state index contributed by atoms with van der Waals surface area (Å²) in [5.74, 6) is -4.44. The summed E-state index contributed by atoms with van der Waals surface area (Å²) in [6.45, 7) is 16.1. The first-order valence-electron chi connectivity index (χ1n) is 16.6. The minimum atomic E-state index is -3.59. The SMILES string of the molecule is Cc1cc(C[C@@H]2CN(C(=O)OC(C)(C)C)C[C@@H]2OCCN(CC(F)(F)c2cccc(F)c2)C(=O)OC(C)(C)C)nc(NC(=O)OC(C)(C)C)c1. The summed E-state index contributed by atoms with van der Waals surface area (Å²) in [4.78, 5) is 45.5. The van der Waals surface area contributed by atoms with Crippen molar-refractivity contribution in [1.82, 2.24) is 14.8 Å². The molecule has 0 radical (unpaired) electrons. The lowest BCUT2D eigenvalue weighted by Gasteiger charge is -2.31. The molecule has 2 aromatic rings. The molecule has 0 unspecified atom stereocenters. The average Bonchev–Trinajstić information content (AvgIpc) is 3.31. The lowest BCUT2D eigenvalue weighted by molar-refractivity contribution is -0.0560. The zero-order chi connectivity index (χ0) is 37.7. The van der Waals surface area contributed by atoms with E-state index in [1.54, 1.807) is 68.4 Å². The number of halogens is 3. The maximum Gasteiger partial charge on any atom is 0.413 e. The Balaban J connectivity index is 1.81. The van der Waals surface area contributed by atoms with Crippen LogP contribution in [0.4, 0.5) is 33.4 Å². The topological polar surface area (TPSA) is 120 Å². The van der Waals surface area contributed by atoms with Gasteiger partial charge in [0.15, 0.2) is 0 Å². The Morgan fingerprint density at radius 3 is 2.16 bits per heavy atom. The number of nitrogens with one attached hydrogen (secondary N) is 1. The van der Waals surface area contributed by atoms with Gasteiger partial charge in [0.25, 0.3) is 5.92 Å². The van der Waals surface area contributed by atoms with Crippen molar-refractivity contribution in [3.8, 4) is 0 Å². The highest BCUT2D eigenvalue weighted by molar-refractivity contribution is 5.83. The van der Waals surface area contributed by atoms with Crippen LogP contribution in [0.2, 0.25) is 0 Å². The molecular formula is C36H51F3N4O7. The minimum Gasteiger partial charge on any atom is -0.444 e. The van der Waals surface area contributed by atoms with Crippen molar-refractivity contribution in [1.29, 1.82) is 0 Å². The molecule has 0 aliphatic carbocycles. The van der Waals surface area contributed by atoms with Crippen LogP contribution in [-0.4, -0.2) is 88.8 Å². The molecule has 11 nitrogen and oxygen atoms in total. The number of nitrogens with zero attached hydrogens (tertiary/aromatic N) is 3. The summed E-state index contributed by atoms with van der Waals surface area (Å²) in [7, 11) is 0. The van der Waals surface area contributed by atoms with Gasteiger partial charge in [-0.25, -0.2) is 23.8 Å². The maximum atomic E-state index is 15.4. The normalized spacial score (nSPS) is 16.9. The third-order valence-corrected chi connectivity index (χ3v) is 7.14. The molecular weight excluding hydrogens is 657 g/mol. The van der Waals surface area contributed by atoms with Crippen LogP contribution in [0.1, 0.15) is 79.1 Å². The molecule has 0 saturated carbocycles. The zero-order valence-electron chi connectivity index (χ0n) is 30.7. The largest absolute Gasteiger partial charge is 0.444 e. The molecule has 1 aliphatic rings. The smallest absolute Gasteiger partial charge is 0.413 e. The van der Waals surface area contributed by atoms with E-state index in [0.29, 0.717) is 17.9 Å². The Bertz CT molecular complexity index is 1500. The third-order valence-electron chi connectivity index (χ3n) is 7.14. The number of aryl methyl sites for hydroxylation is 1. The standard InChI is InChI=1S/C36H51F3N4O7/c1-23-16-27(40-29(17-23)41-30(44)48-33(2,3)4)18-24-20-43(32(46)50-35(8,9)10)21-28(24)47-15-14-42(31(45)49-34(5,6)7)22-36(38,39)25-12-11-13-26(37)19-25/h11-13,16-17,19,24,28H,14-15,18,20-22H2,1-10H3,(H,40,41,44)/t24-,28+/m1/s1. The molecule has 0 bridgehead atoms. The monoisotopic (exact) mass is 708 g/mol. The number of amides is 3. The minimum absolute atomic E-state index is 0.139. The molecule has 1 aromatic heterocycles. The van der Waals surface area contributed by atoms with Gasteiger partial charge in [0.1, 0.15) is 28.4 Å². The Hall–Kier alpha value is -4.07. The van der Waals surface area contributed by atoms with Crippen molar-refractivity contribution in [2.24, 2.45) is 5.92 Å². The van der Waals surface area contributed by atoms with Gasteiger partial charge < -0.3 is 23.8 Å². The first kappa shape index (κ1) is 40.4. The number of likely N-dealkylation sites (tertiary alicyclic amines) is 1. The number of hydrogen-bond acceptors (Lipinski definition) is 8. The fourth-order valence-electron chi connectivity index (χ4n) is 5.21. The van der Waals surface area contributed by atoms with Gasteiger partial charge in [-0.05, 0) is 105 Å². The van der Waals surface area contributed by atoms with Crippen molar-refractivity contribution in [3.05, 3.63) is 59.0 Å². The Morgan fingerprint density at radius 1 is 0.920 bits per heavy atom. The van der Waals surface area contributed by atoms with Crippen LogP contribution in [0.15, 0.2) is 36.4 Å². The van der Waals surface area contributed by atoms with Crippen LogP contribution >= 0.6 is 0 Å². The van der Waals surface area contributed by atoms with E-state index in [1.807, 2.05) is 13.0 Å². The molecule has 0 spiro atoms. The quantitative estimate of drug-likeness (QED) is 0.250. The van der Waals surface area contributed by atoms with Crippen molar-refractivity contribution < 1.29 is 46.5 Å². The van der Waals surface area contributed by atoms with Crippen LogP contribution in [0.3, 0.4) is 0 Å². The van der Waals surface area contributed by atoms with Gasteiger partial charge in [-0.15, -0.1) is 0 Å². The molecule has 14 heteroatoms. The van der Waals surface area contributed by atoms with E-state index in [4.69, 9.17) is 18.9 Å². The van der Waals surface area contributed by atoms with Gasteiger partial charge >= 0.3 is 18.3 Å². The number of benzene rings is 1. The van der Waals surface area contributed by atoms with Gasteiger partial charge in [0, 0.05) is 30.3 Å². The molecule has 1 aliphatic heterocycles. The molecule has 1 fully saturated rings. The molecule has 1 N–H and O–H groups in total. The molecule has 1 saturated heterocycles. The summed E-state index contributed by atoms with van der Waals surface area (Å²) in [5.41, 5.74) is -1.55. The Kier molecular flexibility index (Phi) is 12.8. The van der Waals surface area contributed by atoms with Gasteiger partial charge in [0.2, 0.25) is 0 Å². The fraction of sp³-hybridized carbons (Fsp3) is 0.611. The number of anilines is 1. The molecule has 3 rings (SSSR count). The second kappa shape index (κ2) is 15.9. The first-order chi connectivity index (χ1) is 22.9. The van der Waals surface area contributed by atoms with Gasteiger partial charge in [-0.3, -0.25) is 10.2 Å². The van der Waals surface area contributed by atoms with E-state index in [0.717, 1.165) is 28.7 Å². The van der Waals surface area contributed by atoms with Gasteiger partial charge in [-0.1, -0.05) is 12.1 Å². The number of aromatic nitrogens is 1. The number of rotatable bonds is 10. The summed E-state index contributed by atoms with van der Waals surface area (Å²) >= 11 is 0. The number of ether oxygens (including phenoxy) is 4. The van der Waals surface area contributed by atoms with Crippen LogP contribution < -0.4 is 5.32 Å². The number of carbonyl (C=O) groups excluding carboxylic acids is 3. The zero-order valence-corrected chi connectivity index (χ0v) is 30.7. The van der Waals surface area contributed by atoms with E-state index < -0.39 is 65.0 Å². The lowest BCUT2D eigenvalue weighted by Crippen LogP contribution is -2.44. The summed E-state index contributed by atoms with van der Waals surface area (Å²) in [5, 5.41) is 2.66. The van der Waals surface area contributed by atoms with E-state index >= 15 is 8.78 Å². The van der Waals surface area contributed by atoms with Crippen molar-refractivity contribution in [2.75, 3.05) is 38.1 Å². The maximum absolute atomic E-state index is 15.4. The highest BCUT2D eigenvalue weighted by atomic mass is 19.3. The van der Waals surface area contributed by atoms with Crippen molar-refractivity contribution in [2.45, 2.75) is 104 Å². The Morgan fingerprint density at radius 2 is 1.56 bits per heavy atom. The van der Waals surface area contributed by atoms with E-state index in [1.165, 1.54) is 11.0 Å². The molecule has 1 aromatic carbocycles. The summed E-state index contributed by atoms with van der Waals surface area (Å²) < 4.78 is 67.1. The Labute approximate surface area is 292 Å². The van der Waals surface area contributed by atoms with E-state index in [2.05, 4.69) is 10.3 Å². The second-order valence-electron chi connectivity index (χ2n) is 15.5. The third kappa shape index (κ3) is 13.3. The molecule has 2 heterocycles. The molecule has 50 heavy (non-hydrogen) atoms. The molecule has 3 amide bonds. The van der Waals surface area contributed by atoms with Gasteiger partial charge in [-0.2, -0.15) is 8.78 Å². The van der Waals surface area contributed by atoms with Crippen molar-refractivity contribution in [3.63, 3.8) is 0 Å². The number of carbonyl (C=O) groups is 3. The van der Waals surface area contributed by atoms with Gasteiger partial charge in [0.05, 0.1) is 25.8 Å². The van der Waals surface area contributed by atoms with Crippen LogP contribution in [0, 0.1) is 18.7 Å². The van der Waals surface area contributed by atoms with Crippen molar-refractivity contribution >= 4 is 24.1 Å². The summed E-state index contributed by atoms with van der Waals surface area (Å²) in [6.07, 6.45) is -2.43. The predicted octanol–water partition coefficient (Wildman–Crippen LogP) is 7.70. The summed E-state index contributed by atoms with van der Waals surface area (Å²) in [6, 6.07) is 7.61. The van der Waals surface area contributed by atoms with Crippen LogP contribution in [-0.2, 0) is 31.3 Å². The highest BCUT2D eigenvalue weighted by Crippen LogP contribution is 2.31. The lowest BCUT2D eigenvalue weighted by atomic mass is 9.99. The number of pyridine rings is 1. The highest BCUT2D eigenvalue weighted by Gasteiger charge is 2.40. The number of hydrogen-bond donors (Lipinski definition) is 1. The predicted molar refractivity (Wildman–Crippen MR) is 182 cm³/mol. The van der Waals surface area contributed by atoms with Crippen LogP contribution in [0.25, 0.3) is 0 Å². The number of alkyl halides is 2. The average molecular weight is 709 g/mol. The van der Waals surface area contributed by atoms with Crippen LogP contribution in [0.5, 0.6) is 0 Å². The van der Waals surface area contributed by atoms with E-state index in [-0.39, 0.29) is 32.2 Å². The molecule has 2 atom stereocenters.